The Hall–Kier alpha value is -0.450. The van der Waals surface area contributed by atoms with Gasteiger partial charge in [0.15, 0.2) is 0 Å². The molecule has 1 atom stereocenters. The second-order valence-electron chi connectivity index (χ2n) is 15.4. The lowest BCUT2D eigenvalue weighted by Crippen LogP contribution is -2.22. The number of rotatable bonds is 28. The Kier molecular flexibility index (Phi) is 40.2. The quantitative estimate of drug-likeness (QED) is 0.0196. The van der Waals surface area contributed by atoms with Gasteiger partial charge in [-0.25, -0.2) is 17.3 Å². The minimum Gasteiger partial charge on any atom is -0.424 e. The van der Waals surface area contributed by atoms with Crippen LogP contribution in [0.15, 0.2) is 95.9 Å². The number of non-ortho nitro benzene ring substituents is 1. The van der Waals surface area contributed by atoms with Gasteiger partial charge in [0.05, 0.1) is 59.8 Å². The highest BCUT2D eigenvalue weighted by atomic mass is 35.5. The molecule has 0 aliphatic carbocycles. The Morgan fingerprint density at radius 1 is 0.494 bits per heavy atom. The fraction of sp³-hybridized carbons (Fsp3) is 0.362. The van der Waals surface area contributed by atoms with Crippen molar-refractivity contribution in [3.8, 4) is 28.7 Å². The van der Waals surface area contributed by atoms with E-state index in [0.29, 0.717) is 73.0 Å². The zero-order chi connectivity index (χ0) is 66.6. The van der Waals surface area contributed by atoms with Crippen molar-refractivity contribution in [1.82, 2.24) is 4.31 Å². The molecule has 0 heterocycles. The first kappa shape index (κ1) is 84.6. The van der Waals surface area contributed by atoms with Gasteiger partial charge in [0.2, 0.25) is 10.0 Å². The number of hydrogen-bond acceptors (Lipinski definition) is 24. The van der Waals surface area contributed by atoms with E-state index in [4.69, 9.17) is 203 Å². The molecule has 5 aromatic carbocycles. The molecule has 21 nitrogen and oxygen atoms in total. The molecule has 1 unspecified atom stereocenters. The standard InChI is InChI=1S/C11H15Cl2O3PS.C10H13Cl2O3PS.C10H16NO5PS2.C8H8Cl3O3PS.C8H9ClNO5PS/c1-3-7-18-17(14,15-4-2)16-11-6-5-9(12)8-10(11)13;1-3-13-16(17,14-4-2)15-10-6-5-8(11)7-9(10)12;1-11(2)19(12,13)10-7-5-9(6-8-10)16-17(18,14-3)15-4;1-12-15(16,13-2)14-8-4-6(10)5(9)3-7(8)11;1-13-16(17,14-2)15-8-4-3-6(10(11)12)5-7(8)9/h5-6,8H,3-4,7H2,1-2H3;5-7H,3-4H2,1-2H3;5-8H,1-4H3;3-4H,1-2H3;3-5H,1-2H3. The first-order valence-electron chi connectivity index (χ1n) is 24.0. The molecule has 490 valence electrons. The second-order valence-corrected chi connectivity index (χ2v) is 37.3. The summed E-state index contributed by atoms with van der Waals surface area (Å²) in [5, 5.41) is 13.2. The number of sulfonamides is 1. The Bertz CT molecular complexity index is 3350. The third-order valence-electron chi connectivity index (χ3n) is 9.21. The molecule has 40 heteroatoms. The van der Waals surface area contributed by atoms with E-state index in [-0.39, 0.29) is 32.1 Å². The van der Waals surface area contributed by atoms with E-state index in [1.165, 1.54) is 123 Å². The topological polar surface area (TPSA) is 227 Å². The third-order valence-corrected chi connectivity index (χ3v) is 27.1. The molecular weight excluding hydrogens is 1530 g/mol. The first-order valence-corrected chi connectivity index (χ1v) is 41.8. The van der Waals surface area contributed by atoms with Crippen LogP contribution in [0.5, 0.6) is 28.7 Å². The maximum atomic E-state index is 12.4. The van der Waals surface area contributed by atoms with E-state index < -0.39 is 48.6 Å². The van der Waals surface area contributed by atoms with Crippen LogP contribution >= 0.6 is 138 Å². The number of nitro benzene ring substituents is 1. The van der Waals surface area contributed by atoms with Gasteiger partial charge in [-0.2, -0.15) is 0 Å². The summed E-state index contributed by atoms with van der Waals surface area (Å²) in [6, 6.07) is 22.2. The molecule has 0 spiro atoms. The van der Waals surface area contributed by atoms with Crippen LogP contribution in [0.2, 0.25) is 40.2 Å². The van der Waals surface area contributed by atoms with Crippen molar-refractivity contribution in [2.75, 3.05) is 82.3 Å². The van der Waals surface area contributed by atoms with E-state index >= 15 is 0 Å². The van der Waals surface area contributed by atoms with Crippen molar-refractivity contribution >= 4 is 201 Å². The molecule has 87 heavy (non-hydrogen) atoms. The molecule has 0 amide bonds. The smallest absolute Gasteiger partial charge is 0.424 e. The molecule has 0 bridgehead atoms. The summed E-state index contributed by atoms with van der Waals surface area (Å²) in [4.78, 5) is 10.1. The van der Waals surface area contributed by atoms with Crippen LogP contribution in [-0.4, -0.2) is 100.0 Å². The normalized spacial score (nSPS) is 12.3. The number of nitro groups is 1. The molecule has 0 saturated heterocycles. The van der Waals surface area contributed by atoms with Crippen LogP contribution in [0.25, 0.3) is 0 Å². The third kappa shape index (κ3) is 30.2. The highest BCUT2D eigenvalue weighted by molar-refractivity contribution is 8.55. The Balaban J connectivity index is 0.000000544. The molecule has 0 aromatic heterocycles. The van der Waals surface area contributed by atoms with Crippen molar-refractivity contribution in [3.63, 3.8) is 0 Å². The average molecular weight is 1590 g/mol. The summed E-state index contributed by atoms with van der Waals surface area (Å²) in [7, 11) is 7.78. The van der Waals surface area contributed by atoms with Gasteiger partial charge in [-0.1, -0.05) is 99.7 Å². The van der Waals surface area contributed by atoms with Crippen LogP contribution in [0.4, 0.5) is 5.69 Å². The van der Waals surface area contributed by atoms with Gasteiger partial charge in [-0.3, -0.25) is 23.7 Å². The fourth-order valence-corrected chi connectivity index (χ4v) is 16.3. The minimum absolute atomic E-state index is 0.0718. The van der Waals surface area contributed by atoms with Crippen molar-refractivity contribution in [2.24, 2.45) is 0 Å². The lowest BCUT2D eigenvalue weighted by Gasteiger charge is -2.21. The Morgan fingerprint density at radius 2 is 0.874 bits per heavy atom. The Morgan fingerprint density at radius 3 is 1.26 bits per heavy atom. The molecule has 0 N–H and O–H groups in total. The minimum atomic E-state index is -3.45. The van der Waals surface area contributed by atoms with E-state index in [9.17, 15) is 23.1 Å². The van der Waals surface area contributed by atoms with E-state index in [1.807, 2.05) is 20.8 Å². The van der Waals surface area contributed by atoms with E-state index in [0.717, 1.165) is 10.7 Å². The van der Waals surface area contributed by atoms with E-state index in [1.54, 1.807) is 43.3 Å². The molecule has 0 radical (unpaired) electrons. The van der Waals surface area contributed by atoms with Crippen LogP contribution in [0.1, 0.15) is 34.1 Å². The van der Waals surface area contributed by atoms with Crippen molar-refractivity contribution in [2.45, 2.75) is 39.0 Å². The SMILES string of the molecule is CCCSP(=O)(OCC)Oc1ccc(Cl)cc1Cl.CCOP(=S)(OCC)Oc1ccc(Cl)cc1Cl.COP(=S)(OC)Oc1cc(Cl)c(Cl)cc1Cl.COP(=S)(OC)Oc1ccc(S(=O)(=O)N(C)C)cc1.COP(=S)(OC)Oc1ccc([N+](=O)[O-])cc1Cl. The zero-order valence-corrected chi connectivity index (χ0v) is 63.5. The summed E-state index contributed by atoms with van der Waals surface area (Å²) in [5.74, 6) is 2.29. The summed E-state index contributed by atoms with van der Waals surface area (Å²) in [5.41, 5.74) is -0.134. The zero-order valence-electron chi connectivity index (χ0n) is 48.1. The van der Waals surface area contributed by atoms with Crippen LogP contribution in [0.3, 0.4) is 0 Å². The fourth-order valence-electron chi connectivity index (χ4n) is 5.15. The van der Waals surface area contributed by atoms with Crippen molar-refractivity contribution in [3.05, 3.63) is 141 Å². The van der Waals surface area contributed by atoms with E-state index in [2.05, 4.69) is 0 Å². The summed E-state index contributed by atoms with van der Waals surface area (Å²) >= 11 is 68.3. The highest BCUT2D eigenvalue weighted by Crippen LogP contribution is 2.61. The highest BCUT2D eigenvalue weighted by Gasteiger charge is 2.29. The van der Waals surface area contributed by atoms with Gasteiger partial charge in [-0.15, -0.1) is 0 Å². The molecule has 0 aliphatic rings. The van der Waals surface area contributed by atoms with Gasteiger partial charge in [0.25, 0.3) is 5.69 Å². The molecule has 0 aliphatic heterocycles. The molecule has 5 aromatic rings. The van der Waals surface area contributed by atoms with Crippen molar-refractivity contribution < 1.29 is 81.2 Å². The lowest BCUT2D eigenvalue weighted by atomic mass is 10.3. The predicted octanol–water partition coefficient (Wildman–Crippen LogP) is 19.8. The van der Waals surface area contributed by atoms with Gasteiger partial charge >= 0.3 is 33.7 Å². The van der Waals surface area contributed by atoms with Gasteiger partial charge in [0, 0.05) is 138 Å². The number of hydrogen-bond donors (Lipinski definition) is 0. The molecule has 0 fully saturated rings. The average Bonchev–Trinajstić information content (AvgIpc) is 2.70. The van der Waals surface area contributed by atoms with Crippen LogP contribution < -0.4 is 22.6 Å². The lowest BCUT2D eigenvalue weighted by molar-refractivity contribution is -0.384. The van der Waals surface area contributed by atoms with Crippen molar-refractivity contribution in [1.29, 1.82) is 0 Å². The predicted molar refractivity (Wildman–Crippen MR) is 367 cm³/mol. The largest absolute Gasteiger partial charge is 0.440 e. The van der Waals surface area contributed by atoms with Crippen LogP contribution in [-0.2, 0) is 103 Å². The number of benzene rings is 5. The first-order chi connectivity index (χ1) is 40.6. The monoisotopic (exact) mass is 1580 g/mol. The summed E-state index contributed by atoms with van der Waals surface area (Å²) < 4.78 is 110. The Labute approximate surface area is 572 Å². The maximum absolute atomic E-state index is 12.4. The van der Waals surface area contributed by atoms with Crippen LogP contribution in [0, 0.1) is 10.1 Å². The van der Waals surface area contributed by atoms with Gasteiger partial charge < -0.3 is 49.8 Å². The molecule has 0 saturated carbocycles. The molecular formula is C47H61Cl8N2O19P5S6. The maximum Gasteiger partial charge on any atom is 0.440 e. The molecule has 5 rings (SSSR count). The second kappa shape index (κ2) is 41.4. The van der Waals surface area contributed by atoms with Gasteiger partial charge in [0.1, 0.15) is 28.7 Å². The number of nitrogens with zero attached hydrogens (tertiary/aromatic N) is 2. The summed E-state index contributed by atoms with van der Waals surface area (Å²) in [6.07, 6.45) is 0.888. The number of halogens is 8. The van der Waals surface area contributed by atoms with Gasteiger partial charge in [-0.05, 0) is 111 Å². The summed E-state index contributed by atoms with van der Waals surface area (Å²) in [6.45, 7) is -5.92.